The number of rotatable bonds is 23. The molecule has 86 heavy (non-hydrogen) atoms. The molecule has 2 aromatic carbocycles. The van der Waals surface area contributed by atoms with Gasteiger partial charge in [0.2, 0.25) is 30.0 Å². The van der Waals surface area contributed by atoms with Gasteiger partial charge in [0.15, 0.2) is 5.69 Å². The predicted octanol–water partition coefficient (Wildman–Crippen LogP) is 5.56. The average Bonchev–Trinajstić information content (AvgIpc) is 1.63. The molecule has 25 nitrogen and oxygen atoms in total. The van der Waals surface area contributed by atoms with Crippen LogP contribution < -0.4 is 42.1 Å². The lowest BCUT2D eigenvalue weighted by atomic mass is 9.92. The van der Waals surface area contributed by atoms with Crippen molar-refractivity contribution in [3.63, 3.8) is 0 Å². The number of aliphatic hydroxyl groups is 1. The van der Waals surface area contributed by atoms with E-state index in [1.54, 1.807) is 23.3 Å². The number of β-amino-alcohol motifs (C(OH)–C–C–N with tert-alkyl or cyclic N) is 1. The number of nitrogens with two attached hydrogens (primary N) is 2. The van der Waals surface area contributed by atoms with Gasteiger partial charge in [-0.3, -0.25) is 38.7 Å². The Morgan fingerprint density at radius 3 is 2.28 bits per heavy atom. The van der Waals surface area contributed by atoms with Crippen LogP contribution in [0.3, 0.4) is 0 Å². The van der Waals surface area contributed by atoms with Crippen LogP contribution in [0.4, 0.5) is 5.69 Å². The van der Waals surface area contributed by atoms with Crippen LogP contribution in [-0.2, 0) is 48.8 Å². The van der Waals surface area contributed by atoms with Gasteiger partial charge in [-0.1, -0.05) is 86.4 Å². The molecule has 4 aromatic heterocycles. The molecule has 6 heterocycles. The smallest absolute Gasteiger partial charge is 0.319 e. The van der Waals surface area contributed by atoms with Gasteiger partial charge in [-0.05, 0) is 61.4 Å². The van der Waals surface area contributed by atoms with Crippen molar-refractivity contribution < 1.29 is 48.0 Å². The Bertz CT molecular complexity index is 3330. The number of hydrogen-bond acceptors (Lipinski definition) is 19. The van der Waals surface area contributed by atoms with Crippen LogP contribution >= 0.6 is 34.5 Å². The van der Waals surface area contributed by atoms with Gasteiger partial charge in [-0.15, -0.1) is 11.3 Å². The second-order valence-corrected chi connectivity index (χ2v) is 22.3. The number of aryl methyl sites for hydroxylation is 2. The number of thiazole rings is 1. The third-order valence-corrected chi connectivity index (χ3v) is 14.1. The summed E-state index contributed by atoms with van der Waals surface area (Å²) in [5, 5.41) is 19.4. The van der Waals surface area contributed by atoms with Crippen LogP contribution in [0.1, 0.15) is 80.4 Å². The number of hydrazone groups is 1. The van der Waals surface area contributed by atoms with Crippen molar-refractivity contribution in [1.29, 1.82) is 0 Å². The number of aromatic nitrogens is 6. The van der Waals surface area contributed by atoms with Crippen molar-refractivity contribution in [1.82, 2.24) is 44.6 Å². The van der Waals surface area contributed by atoms with Gasteiger partial charge >= 0.3 is 6.01 Å². The summed E-state index contributed by atoms with van der Waals surface area (Å²) in [7, 11) is 4.42. The number of carbonyl (C=O) groups is 5. The van der Waals surface area contributed by atoms with Gasteiger partial charge in [-0.2, -0.15) is 10.1 Å². The van der Waals surface area contributed by atoms with Crippen LogP contribution in [0.2, 0.25) is 10.0 Å². The van der Waals surface area contributed by atoms with E-state index in [4.69, 9.17) is 53.7 Å². The maximum Gasteiger partial charge on any atom is 0.319 e. The Labute approximate surface area is 512 Å². The summed E-state index contributed by atoms with van der Waals surface area (Å²) >= 11 is 13.4. The lowest BCUT2D eigenvalue weighted by Gasteiger charge is -2.22. The first-order valence-corrected chi connectivity index (χ1v) is 28.8. The zero-order valence-electron chi connectivity index (χ0n) is 49.3. The number of ether oxygens (including phenoxy) is 4. The second kappa shape index (κ2) is 34.1. The Hall–Kier alpha value is -8.14. The third kappa shape index (κ3) is 21.1. The highest BCUT2D eigenvalue weighted by Gasteiger charge is 2.37. The fourth-order valence-electron chi connectivity index (χ4n) is 8.37. The van der Waals surface area contributed by atoms with E-state index in [9.17, 15) is 33.9 Å². The van der Waals surface area contributed by atoms with E-state index in [1.807, 2.05) is 66.4 Å². The number of likely N-dealkylation sites (tertiary alicyclic amines) is 1. The molecule has 2 unspecified atom stereocenters. The van der Waals surface area contributed by atoms with Crippen LogP contribution in [0.5, 0.6) is 11.9 Å². The number of amides is 5. The molecule has 0 bridgehead atoms. The molecule has 0 spiro atoms. The van der Waals surface area contributed by atoms with Gasteiger partial charge in [-0.25, -0.2) is 15.0 Å². The number of hydrogen-bond donors (Lipinski definition) is 5. The SMILES string of the molecule is CC(C)(C)CC(=O)N1CCC(O)C1.COc1ncc(-c2nc3c(n2CCCN=C/C(CNC(=O)COCCOCC(N)=O)=N\N)CN(c2cc(Cl)cn(C)c2=O)C3=O)c(OC)n1.Cc1ncsc1-c1ccc(C(C)NC=O)cc1.Clc1ccccc1. The molecule has 8 rings (SSSR count). The number of anilines is 1. The summed E-state index contributed by atoms with van der Waals surface area (Å²) in [6.07, 6.45) is 6.61. The van der Waals surface area contributed by atoms with Gasteiger partial charge in [0, 0.05) is 63.3 Å². The minimum absolute atomic E-state index is 0.0116. The molecule has 1 fully saturated rings. The molecule has 7 N–H and O–H groups in total. The van der Waals surface area contributed by atoms with Crippen molar-refractivity contribution >= 4 is 82.2 Å². The number of pyridine rings is 1. The zero-order chi connectivity index (χ0) is 62.9. The van der Waals surface area contributed by atoms with Gasteiger partial charge in [0.1, 0.15) is 24.7 Å². The van der Waals surface area contributed by atoms with E-state index in [0.29, 0.717) is 60.3 Å². The van der Waals surface area contributed by atoms with Crippen LogP contribution in [0.25, 0.3) is 21.8 Å². The number of halogens is 2. The number of methoxy groups -OCH3 is 2. The molecule has 0 saturated carbocycles. The molecule has 2 atom stereocenters. The van der Waals surface area contributed by atoms with Crippen molar-refractivity contribution in [3.8, 4) is 33.7 Å². The van der Waals surface area contributed by atoms with E-state index in [1.165, 1.54) is 58.8 Å². The molecular formula is C58H74Cl2N14O11S. The third-order valence-electron chi connectivity index (χ3n) is 12.7. The summed E-state index contributed by atoms with van der Waals surface area (Å²) < 4.78 is 23.9. The molecule has 0 radical (unpaired) electrons. The first-order valence-electron chi connectivity index (χ1n) is 27.1. The summed E-state index contributed by atoms with van der Waals surface area (Å²) in [5.74, 6) is 4.74. The highest BCUT2D eigenvalue weighted by atomic mass is 35.5. The number of nitrogens with one attached hydrogen (secondary N) is 2. The minimum atomic E-state index is -0.598. The Balaban J connectivity index is 0.000000290. The molecular weight excluding hydrogens is 1170 g/mol. The molecule has 0 aliphatic carbocycles. The molecule has 2 aliphatic heterocycles. The van der Waals surface area contributed by atoms with E-state index < -0.39 is 17.7 Å². The van der Waals surface area contributed by atoms with Crippen molar-refractivity contribution in [2.45, 2.75) is 79.1 Å². The van der Waals surface area contributed by atoms with E-state index in [-0.39, 0.29) is 91.8 Å². The highest BCUT2D eigenvalue weighted by Crippen LogP contribution is 2.35. The maximum absolute atomic E-state index is 13.6. The Morgan fingerprint density at radius 1 is 0.988 bits per heavy atom. The summed E-state index contributed by atoms with van der Waals surface area (Å²) in [5.41, 5.74) is 11.4. The number of imidazole rings is 1. The molecule has 6 aromatic rings. The van der Waals surface area contributed by atoms with Gasteiger partial charge < -0.3 is 60.3 Å². The lowest BCUT2D eigenvalue weighted by molar-refractivity contribution is -0.132. The lowest BCUT2D eigenvalue weighted by Crippen LogP contribution is -2.33. The molecule has 28 heteroatoms. The number of carbonyl (C=O) groups excluding carboxylic acids is 5. The van der Waals surface area contributed by atoms with Gasteiger partial charge in [0.25, 0.3) is 11.5 Å². The second-order valence-electron chi connectivity index (χ2n) is 20.6. The van der Waals surface area contributed by atoms with E-state index >= 15 is 0 Å². The van der Waals surface area contributed by atoms with Crippen molar-refractivity contribution in [2.24, 2.45) is 34.1 Å². The van der Waals surface area contributed by atoms with Gasteiger partial charge in [0.05, 0.1) is 90.7 Å². The number of nitrogens with zero attached hydrogens (tertiary/aromatic N) is 10. The molecule has 462 valence electrons. The largest absolute Gasteiger partial charge is 0.480 e. The molecule has 5 amide bonds. The standard InChI is InChI=1S/C29H36ClN11O8.C13H14N2OS.C10H19NO2.C6H5Cl/c1-39-13-17(30)9-20(27(39)44)41-14-21-24(28(41)45)36-25(19-12-35-29(47-3)37-26(19)46-2)40(21)6-4-5-33-10-18(38-32)11-34-23(43)16-49-8-7-48-15-22(31)42;1-9(14-7-16)11-3-5-12(6-4-11)13-10(2)15-8-17-13;1-10(2,3)6-9(13)11-5-4-8(12)7-11;7-6-4-2-1-3-5-6/h9-10,12-13H,4-8,11,14-16,32H2,1-3H3,(H2,31,42)(H,34,43);3-9H,1-2H3,(H,14,16);8,12H,4-7H2,1-3H3;1-5H/b33-10?,38-18+;;;. The Kier molecular flexibility index (Phi) is 27.2. The Morgan fingerprint density at radius 2 is 1.70 bits per heavy atom. The average molecular weight is 1250 g/mol. The van der Waals surface area contributed by atoms with Crippen LogP contribution in [0, 0.1) is 12.3 Å². The van der Waals surface area contributed by atoms with E-state index in [0.717, 1.165) is 35.7 Å². The molecule has 2 aliphatic rings. The first kappa shape index (κ1) is 68.6. The summed E-state index contributed by atoms with van der Waals surface area (Å²) in [6, 6.07) is 19.2. The van der Waals surface area contributed by atoms with Crippen molar-refractivity contribution in [2.75, 3.05) is 71.7 Å². The number of aliphatic hydroxyl groups excluding tert-OH is 1. The number of benzene rings is 2. The number of fused-ring (bicyclic) bond motifs is 1. The maximum atomic E-state index is 13.6. The summed E-state index contributed by atoms with van der Waals surface area (Å²) in [4.78, 5) is 97.2. The highest BCUT2D eigenvalue weighted by molar-refractivity contribution is 7.13. The normalized spacial score (nSPS) is 14.0. The monoisotopic (exact) mass is 1240 g/mol. The quantitative estimate of drug-likeness (QED) is 0.0172. The van der Waals surface area contributed by atoms with Crippen LogP contribution in [-0.4, -0.2) is 154 Å². The van der Waals surface area contributed by atoms with E-state index in [2.05, 4.69) is 73.6 Å². The topological polar surface area (TPSA) is 328 Å². The van der Waals surface area contributed by atoms with Crippen molar-refractivity contribution in [3.05, 3.63) is 122 Å². The summed E-state index contributed by atoms with van der Waals surface area (Å²) in [6.45, 7) is 11.9. The first-order chi connectivity index (χ1) is 41.1. The predicted molar refractivity (Wildman–Crippen MR) is 330 cm³/mol. The fraction of sp³-hybridized carbons (Fsp3) is 0.414. The number of primary amides is 1. The minimum Gasteiger partial charge on any atom is -0.480 e. The molecule has 1 saturated heterocycles. The zero-order valence-corrected chi connectivity index (χ0v) is 51.7. The fourth-order valence-corrected chi connectivity index (χ4v) is 9.58. The number of aliphatic imine (C=N–C) groups is 1. The van der Waals surface area contributed by atoms with Crippen LogP contribution in [0.15, 0.2) is 93.5 Å².